The molecule has 0 amide bonds. The van der Waals surface area contributed by atoms with Gasteiger partial charge in [-0.2, -0.15) is 0 Å². The highest BCUT2D eigenvalue weighted by atomic mass is 15.2. The second kappa shape index (κ2) is 11.7. The van der Waals surface area contributed by atoms with Gasteiger partial charge >= 0.3 is 0 Å². The summed E-state index contributed by atoms with van der Waals surface area (Å²) in [5, 5.41) is 12.1. The van der Waals surface area contributed by atoms with Crippen LogP contribution in [-0.2, 0) is 0 Å². The first-order chi connectivity index (χ1) is 26.3. The third kappa shape index (κ3) is 4.64. The molecule has 0 atom stereocenters. The van der Waals surface area contributed by atoms with Crippen LogP contribution in [0.1, 0.15) is 0 Å². The predicted molar refractivity (Wildman–Crippen MR) is 221 cm³/mol. The van der Waals surface area contributed by atoms with E-state index in [0.29, 0.717) is 5.95 Å². The van der Waals surface area contributed by atoms with Crippen molar-refractivity contribution >= 4 is 76.7 Å². The lowest BCUT2D eigenvalue weighted by atomic mass is 10.0. The Morgan fingerprint density at radius 3 is 1.91 bits per heavy atom. The van der Waals surface area contributed by atoms with E-state index in [4.69, 9.17) is 9.97 Å². The number of benzene rings is 8. The normalized spacial score (nSPS) is 11.8. The van der Waals surface area contributed by atoms with Gasteiger partial charge in [0.15, 0.2) is 0 Å². The molecule has 0 saturated carbocycles. The van der Waals surface area contributed by atoms with Gasteiger partial charge in [0.25, 0.3) is 0 Å². The average Bonchev–Trinajstić information content (AvgIpc) is 3.73. The van der Waals surface area contributed by atoms with E-state index in [1.54, 1.807) is 0 Å². The van der Waals surface area contributed by atoms with Gasteiger partial charge in [-0.05, 0) is 71.4 Å². The molecule has 11 aromatic rings. The highest BCUT2D eigenvalue weighted by Gasteiger charge is 2.19. The van der Waals surface area contributed by atoms with Gasteiger partial charge < -0.3 is 9.88 Å². The number of hydrogen-bond donors (Lipinski definition) is 1. The second-order valence-electron chi connectivity index (χ2n) is 13.5. The first kappa shape index (κ1) is 29.5. The summed E-state index contributed by atoms with van der Waals surface area (Å²) in [5.41, 5.74) is 10.5. The van der Waals surface area contributed by atoms with Crippen molar-refractivity contribution in [1.29, 1.82) is 0 Å². The second-order valence-corrected chi connectivity index (χ2v) is 13.5. The quantitative estimate of drug-likeness (QED) is 0.197. The number of hydrogen-bond acceptors (Lipinski definition) is 3. The lowest BCUT2D eigenvalue weighted by Crippen LogP contribution is -2.03. The minimum atomic E-state index is 0.646. The van der Waals surface area contributed by atoms with Gasteiger partial charge in [-0.25, -0.2) is 9.97 Å². The standard InChI is InChI=1S/C48H31N5/c1-3-14-32(15-4-1)47-39-20-9-11-21-41(39)50-48(51-47)53-42-22-12-10-19-37(42)38-26-24-34(30-45(38)53)49-33-25-28-43-40(29-33)46-36-18-8-7-13-31(36)23-27-44(46)52(43)35-16-5-2-6-17-35/h1-30,49H. The van der Waals surface area contributed by atoms with Crippen LogP contribution in [0, 0.1) is 0 Å². The predicted octanol–water partition coefficient (Wildman–Crippen LogP) is 12.4. The van der Waals surface area contributed by atoms with E-state index >= 15 is 0 Å². The molecule has 5 heteroatoms. The number of para-hydroxylation sites is 3. The van der Waals surface area contributed by atoms with Crippen LogP contribution >= 0.6 is 0 Å². The molecule has 11 rings (SSSR count). The van der Waals surface area contributed by atoms with Crippen molar-refractivity contribution < 1.29 is 0 Å². The van der Waals surface area contributed by atoms with Crippen molar-refractivity contribution in [2.24, 2.45) is 0 Å². The third-order valence-electron chi connectivity index (χ3n) is 10.5. The van der Waals surface area contributed by atoms with Crippen LogP contribution in [0.4, 0.5) is 11.4 Å². The molecule has 0 aliphatic rings. The molecule has 0 fully saturated rings. The molecular formula is C48H31N5. The lowest BCUT2D eigenvalue weighted by molar-refractivity contribution is 1.01. The minimum absolute atomic E-state index is 0.646. The fourth-order valence-electron chi connectivity index (χ4n) is 8.13. The van der Waals surface area contributed by atoms with Gasteiger partial charge in [0.05, 0.1) is 33.3 Å². The molecule has 0 saturated heterocycles. The zero-order chi connectivity index (χ0) is 34.9. The van der Waals surface area contributed by atoms with Gasteiger partial charge in [0.1, 0.15) is 0 Å². The van der Waals surface area contributed by atoms with E-state index in [1.165, 1.54) is 32.6 Å². The van der Waals surface area contributed by atoms with E-state index in [2.05, 4.69) is 184 Å². The van der Waals surface area contributed by atoms with Crippen LogP contribution < -0.4 is 5.32 Å². The molecule has 8 aromatic carbocycles. The number of nitrogens with one attached hydrogen (secondary N) is 1. The van der Waals surface area contributed by atoms with Crippen LogP contribution in [0.25, 0.3) is 88.2 Å². The fraction of sp³-hybridized carbons (Fsp3) is 0. The summed E-state index contributed by atoms with van der Waals surface area (Å²) in [6, 6.07) is 64.3. The van der Waals surface area contributed by atoms with E-state index in [9.17, 15) is 0 Å². The topological polar surface area (TPSA) is 47.7 Å². The van der Waals surface area contributed by atoms with Crippen LogP contribution in [-0.4, -0.2) is 19.1 Å². The summed E-state index contributed by atoms with van der Waals surface area (Å²) in [6.07, 6.45) is 0. The number of rotatable bonds is 5. The summed E-state index contributed by atoms with van der Waals surface area (Å²) in [7, 11) is 0. The third-order valence-corrected chi connectivity index (χ3v) is 10.5. The van der Waals surface area contributed by atoms with Crippen molar-refractivity contribution in [3.8, 4) is 22.9 Å². The van der Waals surface area contributed by atoms with Crippen molar-refractivity contribution in [2.45, 2.75) is 0 Å². The van der Waals surface area contributed by atoms with Crippen molar-refractivity contribution in [2.75, 3.05) is 5.32 Å². The molecule has 1 N–H and O–H groups in total. The Labute approximate surface area is 305 Å². The van der Waals surface area contributed by atoms with Crippen molar-refractivity contribution in [3.05, 3.63) is 182 Å². The first-order valence-corrected chi connectivity index (χ1v) is 17.9. The molecule has 0 unspecified atom stereocenters. The molecule has 3 aromatic heterocycles. The highest BCUT2D eigenvalue weighted by molar-refractivity contribution is 6.22. The highest BCUT2D eigenvalue weighted by Crippen LogP contribution is 2.39. The van der Waals surface area contributed by atoms with E-state index in [-0.39, 0.29) is 0 Å². The average molecular weight is 678 g/mol. The summed E-state index contributed by atoms with van der Waals surface area (Å²) in [6.45, 7) is 0. The maximum Gasteiger partial charge on any atom is 0.235 e. The Balaban J connectivity index is 1.10. The monoisotopic (exact) mass is 677 g/mol. The molecule has 248 valence electrons. The summed E-state index contributed by atoms with van der Waals surface area (Å²) in [5.74, 6) is 0.646. The lowest BCUT2D eigenvalue weighted by Gasteiger charge is -2.12. The number of nitrogens with zero attached hydrogens (tertiary/aromatic N) is 4. The molecule has 0 aliphatic heterocycles. The SMILES string of the molecule is c1ccc(-c2nc(-n3c4ccccc4c4ccc(Nc5ccc6c(c5)c5c7ccccc7ccc5n6-c5ccccc5)cc43)nc3ccccc23)cc1. The maximum absolute atomic E-state index is 5.27. The smallest absolute Gasteiger partial charge is 0.235 e. The zero-order valence-electron chi connectivity index (χ0n) is 28.6. The largest absolute Gasteiger partial charge is 0.355 e. The van der Waals surface area contributed by atoms with Crippen LogP contribution in [0.2, 0.25) is 0 Å². The molecule has 0 aliphatic carbocycles. The van der Waals surface area contributed by atoms with Crippen LogP contribution in [0.5, 0.6) is 0 Å². The molecule has 0 bridgehead atoms. The number of aromatic nitrogens is 4. The molecule has 0 spiro atoms. The molecule has 53 heavy (non-hydrogen) atoms. The number of fused-ring (bicyclic) bond motifs is 9. The Bertz CT molecular complexity index is 3190. The van der Waals surface area contributed by atoms with E-state index < -0.39 is 0 Å². The Morgan fingerprint density at radius 2 is 1.04 bits per heavy atom. The van der Waals surface area contributed by atoms with Gasteiger partial charge in [0.2, 0.25) is 5.95 Å². The van der Waals surface area contributed by atoms with Crippen molar-refractivity contribution in [3.63, 3.8) is 0 Å². The van der Waals surface area contributed by atoms with E-state index in [1.807, 2.05) is 12.1 Å². The van der Waals surface area contributed by atoms with Gasteiger partial charge in [-0.15, -0.1) is 0 Å². The molecular weight excluding hydrogens is 647 g/mol. The Hall–Kier alpha value is -7.24. The van der Waals surface area contributed by atoms with Gasteiger partial charge in [-0.3, -0.25) is 4.57 Å². The molecule has 0 radical (unpaired) electrons. The Kier molecular flexibility index (Phi) is 6.48. The Morgan fingerprint density at radius 1 is 0.396 bits per heavy atom. The summed E-state index contributed by atoms with van der Waals surface area (Å²) < 4.78 is 4.58. The van der Waals surface area contributed by atoms with Gasteiger partial charge in [-0.1, -0.05) is 121 Å². The van der Waals surface area contributed by atoms with Crippen LogP contribution in [0.3, 0.4) is 0 Å². The zero-order valence-corrected chi connectivity index (χ0v) is 28.6. The summed E-state index contributed by atoms with van der Waals surface area (Å²) in [4.78, 5) is 10.4. The van der Waals surface area contributed by atoms with Gasteiger partial charge in [0, 0.05) is 49.6 Å². The molecule has 5 nitrogen and oxygen atoms in total. The fourth-order valence-corrected chi connectivity index (χ4v) is 8.13. The van der Waals surface area contributed by atoms with E-state index in [0.717, 1.165) is 61.0 Å². The first-order valence-electron chi connectivity index (χ1n) is 17.9. The van der Waals surface area contributed by atoms with Crippen molar-refractivity contribution in [1.82, 2.24) is 19.1 Å². The van der Waals surface area contributed by atoms with Crippen LogP contribution in [0.15, 0.2) is 182 Å². The summed E-state index contributed by atoms with van der Waals surface area (Å²) >= 11 is 0. The minimum Gasteiger partial charge on any atom is -0.355 e. The molecule has 3 heterocycles. The number of anilines is 2. The maximum atomic E-state index is 5.27.